The molecule has 3 aromatic rings. The maximum Gasteiger partial charge on any atom is 0.422 e. The van der Waals surface area contributed by atoms with Crippen molar-refractivity contribution in [1.82, 2.24) is 25.1 Å². The van der Waals surface area contributed by atoms with E-state index in [-0.39, 0.29) is 39.9 Å². The maximum atomic E-state index is 14.6. The first-order valence-electron chi connectivity index (χ1n) is 10.4. The van der Waals surface area contributed by atoms with Gasteiger partial charge in [-0.3, -0.25) is 14.5 Å². The van der Waals surface area contributed by atoms with E-state index < -0.39 is 45.8 Å². The third-order valence-corrected chi connectivity index (χ3v) is 7.41. The molecule has 188 valence electrons. The summed E-state index contributed by atoms with van der Waals surface area (Å²) in [5, 5.41) is 7.08. The van der Waals surface area contributed by atoms with E-state index in [0.717, 1.165) is 12.3 Å². The van der Waals surface area contributed by atoms with Crippen molar-refractivity contribution in [3.05, 3.63) is 35.9 Å². The van der Waals surface area contributed by atoms with Gasteiger partial charge in [-0.25, -0.2) is 17.8 Å². The number of amides is 1. The number of aromatic nitrogens is 4. The highest BCUT2D eigenvalue weighted by Crippen LogP contribution is 2.32. The molecule has 3 aromatic heterocycles. The highest BCUT2D eigenvalue weighted by Gasteiger charge is 2.45. The average Bonchev–Trinajstić information content (AvgIpc) is 3.09. The quantitative estimate of drug-likeness (QED) is 0.502. The molecule has 0 bridgehead atoms. The minimum Gasteiger partial charge on any atom is -0.468 e. The molecule has 1 saturated heterocycles. The zero-order valence-corrected chi connectivity index (χ0v) is 19.7. The Morgan fingerprint density at radius 2 is 1.91 bits per heavy atom. The van der Waals surface area contributed by atoms with Gasteiger partial charge in [0.05, 0.1) is 34.3 Å². The van der Waals surface area contributed by atoms with Crippen LogP contribution in [0.5, 0.6) is 5.88 Å². The molecular weight excluding hydrogens is 494 g/mol. The molecule has 0 aromatic carbocycles. The van der Waals surface area contributed by atoms with Crippen LogP contribution < -0.4 is 10.1 Å². The molecule has 0 spiro atoms. The number of hydrogen-bond acceptors (Lipinski definition) is 7. The van der Waals surface area contributed by atoms with Gasteiger partial charge >= 0.3 is 6.18 Å². The Kier molecular flexibility index (Phi) is 5.98. The molecule has 4 rings (SSSR count). The topological polar surface area (TPSA) is 116 Å². The van der Waals surface area contributed by atoms with E-state index in [2.05, 4.69) is 25.1 Å². The molecule has 1 N–H and O–H groups in total. The highest BCUT2D eigenvalue weighted by molar-refractivity contribution is 7.93. The van der Waals surface area contributed by atoms with Crippen LogP contribution in [0.15, 0.2) is 24.5 Å². The number of carbonyl (C=O) groups is 1. The van der Waals surface area contributed by atoms with Crippen molar-refractivity contribution >= 4 is 26.8 Å². The lowest BCUT2D eigenvalue weighted by molar-refractivity contribution is -0.154. The number of pyridine rings is 2. The number of fused-ring (bicyclic) bond motifs is 1. The minimum absolute atomic E-state index is 0.0365. The number of sulfone groups is 1. The number of halogens is 4. The summed E-state index contributed by atoms with van der Waals surface area (Å²) in [5.74, 6) is -2.16. The number of carbonyl (C=O) groups excluding carboxylic acids is 1. The Labute approximate surface area is 197 Å². The highest BCUT2D eigenvalue weighted by atomic mass is 32.2. The van der Waals surface area contributed by atoms with Crippen LogP contribution in [0.2, 0.25) is 0 Å². The second-order valence-electron chi connectivity index (χ2n) is 8.93. The fraction of sp³-hybridized carbons (Fsp3) is 0.429. The molecule has 35 heavy (non-hydrogen) atoms. The van der Waals surface area contributed by atoms with Gasteiger partial charge in [-0.2, -0.15) is 18.3 Å². The smallest absolute Gasteiger partial charge is 0.422 e. The summed E-state index contributed by atoms with van der Waals surface area (Å²) in [6.07, 6.45) is -2.62. The summed E-state index contributed by atoms with van der Waals surface area (Å²) < 4.78 is 81.3. The molecule has 14 heteroatoms. The summed E-state index contributed by atoms with van der Waals surface area (Å²) >= 11 is 0. The van der Waals surface area contributed by atoms with Gasteiger partial charge in [-0.15, -0.1) is 0 Å². The number of rotatable bonds is 6. The molecule has 1 amide bonds. The first kappa shape index (κ1) is 24.8. The van der Waals surface area contributed by atoms with Crippen LogP contribution in [0.3, 0.4) is 0 Å². The summed E-state index contributed by atoms with van der Waals surface area (Å²) in [6, 6.07) is 2.25. The fourth-order valence-electron chi connectivity index (χ4n) is 3.90. The van der Waals surface area contributed by atoms with E-state index in [1.54, 1.807) is 20.8 Å². The molecule has 0 radical (unpaired) electrons. The van der Waals surface area contributed by atoms with Crippen molar-refractivity contribution in [2.24, 2.45) is 0 Å². The van der Waals surface area contributed by atoms with Crippen LogP contribution in [-0.2, 0) is 9.84 Å². The number of ether oxygens (including phenoxy) is 1. The van der Waals surface area contributed by atoms with E-state index in [4.69, 9.17) is 0 Å². The largest absolute Gasteiger partial charge is 0.468 e. The molecule has 0 aliphatic carbocycles. The lowest BCUT2D eigenvalue weighted by atomic mass is 10.1. The molecule has 1 aliphatic rings. The molecule has 1 aliphatic heterocycles. The van der Waals surface area contributed by atoms with Crippen molar-refractivity contribution in [3.63, 3.8) is 0 Å². The van der Waals surface area contributed by atoms with Crippen LogP contribution in [0.4, 0.5) is 17.6 Å². The summed E-state index contributed by atoms with van der Waals surface area (Å²) in [5.41, 5.74) is -0.294. The van der Waals surface area contributed by atoms with E-state index in [9.17, 15) is 30.8 Å². The molecule has 4 heterocycles. The van der Waals surface area contributed by atoms with Gasteiger partial charge in [0.1, 0.15) is 11.2 Å². The van der Waals surface area contributed by atoms with Gasteiger partial charge in [0, 0.05) is 23.9 Å². The summed E-state index contributed by atoms with van der Waals surface area (Å²) in [4.78, 5) is 20.6. The lowest BCUT2D eigenvalue weighted by Gasteiger charge is -2.38. The first-order chi connectivity index (χ1) is 16.2. The maximum absolute atomic E-state index is 14.6. The van der Waals surface area contributed by atoms with Gasteiger partial charge in [0.15, 0.2) is 22.3 Å². The molecule has 9 nitrogen and oxygen atoms in total. The monoisotopic (exact) mass is 515 g/mol. The van der Waals surface area contributed by atoms with Crippen molar-refractivity contribution in [2.75, 3.05) is 18.1 Å². The van der Waals surface area contributed by atoms with E-state index in [1.807, 2.05) is 0 Å². The third kappa shape index (κ3) is 5.21. The number of nitrogens with zero attached hydrogens (tertiary/aromatic N) is 4. The zero-order valence-electron chi connectivity index (χ0n) is 18.9. The van der Waals surface area contributed by atoms with Crippen LogP contribution in [-0.4, -0.2) is 63.9 Å². The predicted octanol–water partition coefficient (Wildman–Crippen LogP) is 3.07. The Morgan fingerprint density at radius 3 is 2.51 bits per heavy atom. The third-order valence-electron chi connectivity index (χ3n) is 5.26. The average molecular weight is 515 g/mol. The standard InChI is InChI=1S/C21H21F4N5O4S/c1-11(2)30-15-4-12(19(31)28-20(3)9-35(32,33)10-20)6-27-18(15)17(29-30)13-5-16(26-7-14(13)22)34-8-21(23,24)25/h4-7,11H,8-10H2,1-3H3,(H,28,31). The Bertz CT molecular complexity index is 1410. The van der Waals surface area contributed by atoms with Gasteiger partial charge in [-0.1, -0.05) is 0 Å². The number of hydrogen-bond donors (Lipinski definition) is 1. The van der Waals surface area contributed by atoms with Crippen molar-refractivity contribution < 1.29 is 35.5 Å². The minimum atomic E-state index is -4.60. The van der Waals surface area contributed by atoms with Gasteiger partial charge in [0.25, 0.3) is 5.91 Å². The zero-order chi connectivity index (χ0) is 25.8. The van der Waals surface area contributed by atoms with Gasteiger partial charge in [-0.05, 0) is 26.8 Å². The molecular formula is C21H21F4N5O4S. The Balaban J connectivity index is 1.71. The molecule has 1 fully saturated rings. The van der Waals surface area contributed by atoms with Crippen LogP contribution >= 0.6 is 0 Å². The summed E-state index contributed by atoms with van der Waals surface area (Å²) in [6.45, 7) is 3.62. The van der Waals surface area contributed by atoms with Crippen molar-refractivity contribution in [2.45, 2.75) is 38.5 Å². The molecule has 0 unspecified atom stereocenters. The van der Waals surface area contributed by atoms with Gasteiger partial charge < -0.3 is 10.1 Å². The van der Waals surface area contributed by atoms with Crippen LogP contribution in [0, 0.1) is 5.82 Å². The fourth-order valence-corrected chi connectivity index (χ4v) is 5.90. The van der Waals surface area contributed by atoms with E-state index in [1.165, 1.54) is 16.9 Å². The Morgan fingerprint density at radius 1 is 1.23 bits per heavy atom. The normalized spacial score (nSPS) is 16.8. The Hall–Kier alpha value is -3.29. The summed E-state index contributed by atoms with van der Waals surface area (Å²) in [7, 11) is -3.17. The van der Waals surface area contributed by atoms with Crippen LogP contribution in [0.25, 0.3) is 22.3 Å². The molecule has 0 saturated carbocycles. The first-order valence-corrected chi connectivity index (χ1v) is 12.3. The van der Waals surface area contributed by atoms with Crippen molar-refractivity contribution in [1.29, 1.82) is 0 Å². The molecule has 0 atom stereocenters. The number of alkyl halides is 3. The number of nitrogens with one attached hydrogen (secondary N) is 1. The predicted molar refractivity (Wildman–Crippen MR) is 117 cm³/mol. The second kappa shape index (κ2) is 8.43. The van der Waals surface area contributed by atoms with E-state index >= 15 is 0 Å². The SMILES string of the molecule is CC(C)n1nc(-c2cc(OCC(F)(F)F)ncc2F)c2ncc(C(=O)NC3(C)CS(=O)(=O)C3)cc21. The van der Waals surface area contributed by atoms with E-state index in [0.29, 0.717) is 5.52 Å². The van der Waals surface area contributed by atoms with Crippen LogP contribution in [0.1, 0.15) is 37.2 Å². The van der Waals surface area contributed by atoms with Gasteiger partial charge in [0.2, 0.25) is 5.88 Å². The van der Waals surface area contributed by atoms with Crippen molar-refractivity contribution in [3.8, 4) is 17.1 Å². The second-order valence-corrected chi connectivity index (χ2v) is 11.0. The lowest BCUT2D eigenvalue weighted by Crippen LogP contribution is -2.63.